The number of aromatic nitrogens is 2. The normalized spacial score (nSPS) is 10.5. The predicted octanol–water partition coefficient (Wildman–Crippen LogP) is 4.71. The molecule has 1 aromatic heterocycles. The Morgan fingerprint density at radius 3 is 2.48 bits per heavy atom. The number of nitrogens with one attached hydrogen (secondary N) is 2. The van der Waals surface area contributed by atoms with Gasteiger partial charge in [-0.2, -0.15) is 4.98 Å². The van der Waals surface area contributed by atoms with Gasteiger partial charge in [0.1, 0.15) is 5.82 Å². The van der Waals surface area contributed by atoms with Crippen molar-refractivity contribution < 1.29 is 0 Å². The molecule has 128 valence electrons. The van der Waals surface area contributed by atoms with Gasteiger partial charge in [-0.25, -0.2) is 4.98 Å². The monoisotopic (exact) mass is 352 g/mol. The molecule has 0 fully saturated rings. The van der Waals surface area contributed by atoms with Crippen LogP contribution in [0.3, 0.4) is 0 Å². The first-order valence-electron chi connectivity index (χ1n) is 8.31. The third kappa shape index (κ3) is 5.19. The lowest BCUT2D eigenvalue weighted by Gasteiger charge is -2.11. The number of halogens is 1. The van der Waals surface area contributed by atoms with E-state index >= 15 is 0 Å². The van der Waals surface area contributed by atoms with Gasteiger partial charge in [-0.1, -0.05) is 60.1 Å². The highest BCUT2D eigenvalue weighted by Crippen LogP contribution is 2.17. The number of anilines is 2. The van der Waals surface area contributed by atoms with E-state index in [-0.39, 0.29) is 0 Å². The second-order valence-corrected chi connectivity index (χ2v) is 6.23. The molecule has 0 saturated carbocycles. The first-order chi connectivity index (χ1) is 12.2. The Labute approximate surface area is 153 Å². The van der Waals surface area contributed by atoms with Crippen LogP contribution in [0.2, 0.25) is 5.02 Å². The number of benzene rings is 2. The van der Waals surface area contributed by atoms with Gasteiger partial charge in [-0.3, -0.25) is 0 Å². The fourth-order valence-electron chi connectivity index (χ4n) is 2.53. The Hall–Kier alpha value is -2.59. The van der Waals surface area contributed by atoms with Crippen molar-refractivity contribution in [2.45, 2.75) is 19.9 Å². The van der Waals surface area contributed by atoms with E-state index in [0.29, 0.717) is 12.5 Å². The minimum atomic E-state index is 0.625. The second kappa shape index (κ2) is 8.49. The summed E-state index contributed by atoms with van der Waals surface area (Å²) in [4.78, 5) is 8.98. The summed E-state index contributed by atoms with van der Waals surface area (Å²) in [7, 11) is 0. The lowest BCUT2D eigenvalue weighted by Crippen LogP contribution is -2.10. The first kappa shape index (κ1) is 17.2. The molecule has 25 heavy (non-hydrogen) atoms. The molecule has 0 aliphatic carbocycles. The molecule has 4 nitrogen and oxygen atoms in total. The van der Waals surface area contributed by atoms with Crippen molar-refractivity contribution in [3.05, 3.63) is 82.5 Å². The van der Waals surface area contributed by atoms with Gasteiger partial charge < -0.3 is 10.6 Å². The Morgan fingerprint density at radius 1 is 0.920 bits per heavy atom. The molecule has 3 rings (SSSR count). The van der Waals surface area contributed by atoms with Gasteiger partial charge in [0.25, 0.3) is 0 Å². The van der Waals surface area contributed by atoms with Gasteiger partial charge in [-0.15, -0.1) is 0 Å². The Balaban J connectivity index is 1.59. The van der Waals surface area contributed by atoms with E-state index in [1.807, 2.05) is 43.3 Å². The molecule has 5 heteroatoms. The maximum absolute atomic E-state index is 6.19. The van der Waals surface area contributed by atoms with Gasteiger partial charge in [0.15, 0.2) is 0 Å². The molecule has 3 aromatic rings. The number of nitrogens with zero attached hydrogens (tertiary/aromatic N) is 2. The molecule has 0 aliphatic rings. The van der Waals surface area contributed by atoms with Crippen molar-refractivity contribution in [3.63, 3.8) is 0 Å². The van der Waals surface area contributed by atoms with E-state index in [0.717, 1.165) is 35.1 Å². The van der Waals surface area contributed by atoms with Gasteiger partial charge >= 0.3 is 0 Å². The zero-order valence-electron chi connectivity index (χ0n) is 14.2. The van der Waals surface area contributed by atoms with E-state index in [1.165, 1.54) is 5.56 Å². The topological polar surface area (TPSA) is 49.8 Å². The van der Waals surface area contributed by atoms with E-state index < -0.39 is 0 Å². The molecule has 0 radical (unpaired) electrons. The lowest BCUT2D eigenvalue weighted by atomic mass is 10.1. The average Bonchev–Trinajstić information content (AvgIpc) is 2.62. The molecule has 0 atom stereocenters. The number of rotatable bonds is 7. The zero-order chi connectivity index (χ0) is 17.5. The molecule has 0 aliphatic heterocycles. The van der Waals surface area contributed by atoms with E-state index in [2.05, 4.69) is 44.9 Å². The minimum Gasteiger partial charge on any atom is -0.366 e. The molecular formula is C20H21ClN4. The molecular weight excluding hydrogens is 332 g/mol. The van der Waals surface area contributed by atoms with Crippen LogP contribution in [0.25, 0.3) is 0 Å². The smallest absolute Gasteiger partial charge is 0.224 e. The van der Waals surface area contributed by atoms with Crippen LogP contribution in [0.5, 0.6) is 0 Å². The van der Waals surface area contributed by atoms with Crippen molar-refractivity contribution in [1.82, 2.24) is 9.97 Å². The SMILES string of the molecule is Cc1cc(NCc2ccccc2Cl)nc(NCCc2ccccc2)n1. The fraction of sp³-hybridized carbons (Fsp3) is 0.200. The van der Waals surface area contributed by atoms with Crippen LogP contribution in [0, 0.1) is 6.92 Å². The Kier molecular flexibility index (Phi) is 5.86. The van der Waals surface area contributed by atoms with Crippen LogP contribution in [-0.2, 0) is 13.0 Å². The lowest BCUT2D eigenvalue weighted by molar-refractivity contribution is 0.970. The number of hydrogen-bond acceptors (Lipinski definition) is 4. The fourth-order valence-corrected chi connectivity index (χ4v) is 2.73. The summed E-state index contributed by atoms with van der Waals surface area (Å²) in [6, 6.07) is 20.1. The number of hydrogen-bond donors (Lipinski definition) is 2. The van der Waals surface area contributed by atoms with Crippen LogP contribution in [0.1, 0.15) is 16.8 Å². The molecule has 0 amide bonds. The van der Waals surface area contributed by atoms with Crippen molar-refractivity contribution in [1.29, 1.82) is 0 Å². The molecule has 0 saturated heterocycles. The second-order valence-electron chi connectivity index (χ2n) is 5.83. The summed E-state index contributed by atoms with van der Waals surface area (Å²) >= 11 is 6.19. The van der Waals surface area contributed by atoms with E-state index in [1.54, 1.807) is 0 Å². The summed E-state index contributed by atoms with van der Waals surface area (Å²) in [6.07, 6.45) is 0.931. The van der Waals surface area contributed by atoms with Gasteiger partial charge in [-0.05, 0) is 30.5 Å². The minimum absolute atomic E-state index is 0.625. The highest BCUT2D eigenvalue weighted by molar-refractivity contribution is 6.31. The van der Waals surface area contributed by atoms with Gasteiger partial charge in [0, 0.05) is 29.9 Å². The van der Waals surface area contributed by atoms with Crippen molar-refractivity contribution in [2.24, 2.45) is 0 Å². The highest BCUT2D eigenvalue weighted by atomic mass is 35.5. The molecule has 0 spiro atoms. The third-order valence-corrected chi connectivity index (χ3v) is 4.18. The quantitative estimate of drug-likeness (QED) is 0.646. The van der Waals surface area contributed by atoms with Crippen molar-refractivity contribution in [3.8, 4) is 0 Å². The largest absolute Gasteiger partial charge is 0.366 e. The van der Waals surface area contributed by atoms with Crippen LogP contribution in [0.15, 0.2) is 60.7 Å². The van der Waals surface area contributed by atoms with E-state index in [9.17, 15) is 0 Å². The predicted molar refractivity (Wildman–Crippen MR) is 104 cm³/mol. The zero-order valence-corrected chi connectivity index (χ0v) is 14.9. The summed E-state index contributed by atoms with van der Waals surface area (Å²) in [5, 5.41) is 7.36. The molecule has 1 heterocycles. The summed E-state index contributed by atoms with van der Waals surface area (Å²) in [6.45, 7) is 3.38. The van der Waals surface area contributed by atoms with Gasteiger partial charge in [0.2, 0.25) is 5.95 Å². The maximum Gasteiger partial charge on any atom is 0.224 e. The maximum atomic E-state index is 6.19. The van der Waals surface area contributed by atoms with Crippen molar-refractivity contribution in [2.75, 3.05) is 17.2 Å². The summed E-state index contributed by atoms with van der Waals surface area (Å²) in [5.41, 5.74) is 3.25. The van der Waals surface area contributed by atoms with Crippen LogP contribution in [-0.4, -0.2) is 16.5 Å². The van der Waals surface area contributed by atoms with Crippen LogP contribution in [0.4, 0.5) is 11.8 Å². The molecule has 0 unspecified atom stereocenters. The van der Waals surface area contributed by atoms with Gasteiger partial charge in [0.05, 0.1) is 0 Å². The molecule has 0 bridgehead atoms. The molecule has 2 N–H and O–H groups in total. The Morgan fingerprint density at radius 2 is 1.68 bits per heavy atom. The first-order valence-corrected chi connectivity index (χ1v) is 8.69. The summed E-state index contributed by atoms with van der Waals surface area (Å²) in [5.74, 6) is 1.42. The van der Waals surface area contributed by atoms with E-state index in [4.69, 9.17) is 11.6 Å². The van der Waals surface area contributed by atoms with Crippen LogP contribution < -0.4 is 10.6 Å². The molecule has 2 aromatic carbocycles. The standard InChI is InChI=1S/C20H21ClN4/c1-15-13-19(23-14-17-9-5-6-10-18(17)21)25-20(24-15)22-12-11-16-7-3-2-4-8-16/h2-10,13H,11-12,14H2,1H3,(H2,22,23,24,25). The Bertz CT molecular complexity index is 821. The third-order valence-electron chi connectivity index (χ3n) is 3.81. The summed E-state index contributed by atoms with van der Waals surface area (Å²) < 4.78 is 0. The van der Waals surface area contributed by atoms with Crippen molar-refractivity contribution >= 4 is 23.4 Å². The van der Waals surface area contributed by atoms with Crippen LogP contribution >= 0.6 is 11.6 Å². The average molecular weight is 353 g/mol. The number of aryl methyl sites for hydroxylation is 1. The highest BCUT2D eigenvalue weighted by Gasteiger charge is 2.04.